The van der Waals surface area contributed by atoms with Crippen LogP contribution in [0.25, 0.3) is 6.08 Å². The normalized spacial score (nSPS) is 20.6. The molecule has 132 valence electrons. The van der Waals surface area contributed by atoms with Crippen LogP contribution >= 0.6 is 11.8 Å². The topological polar surface area (TPSA) is 57.7 Å². The third-order valence-corrected chi connectivity index (χ3v) is 5.69. The van der Waals surface area contributed by atoms with Gasteiger partial charge in [-0.2, -0.15) is 0 Å². The number of likely N-dealkylation sites (tertiary alicyclic amines) is 1. The molecule has 0 bridgehead atoms. The fraction of sp³-hybridized carbons (Fsp3) is 0.421. The lowest BCUT2D eigenvalue weighted by Gasteiger charge is -2.31. The number of benzene rings is 1. The number of hydrogen-bond acceptors (Lipinski definition) is 4. The fourth-order valence-corrected chi connectivity index (χ4v) is 3.85. The second-order valence-corrected chi connectivity index (χ2v) is 7.68. The van der Waals surface area contributed by atoms with E-state index in [-0.39, 0.29) is 23.6 Å². The van der Waals surface area contributed by atoms with Crippen molar-refractivity contribution in [3.63, 3.8) is 0 Å². The van der Waals surface area contributed by atoms with Crippen molar-refractivity contribution in [2.24, 2.45) is 5.92 Å². The number of nitrogens with zero attached hydrogens (tertiary/aromatic N) is 2. The number of piperidine rings is 1. The van der Waals surface area contributed by atoms with E-state index in [1.165, 1.54) is 0 Å². The Morgan fingerprint density at radius 3 is 2.60 bits per heavy atom. The first kappa shape index (κ1) is 17.7. The molecule has 1 aromatic carbocycles. The summed E-state index contributed by atoms with van der Waals surface area (Å²) in [5.74, 6) is 0.0987. The molecule has 25 heavy (non-hydrogen) atoms. The molecule has 0 aliphatic carbocycles. The van der Waals surface area contributed by atoms with Crippen molar-refractivity contribution in [3.8, 4) is 0 Å². The Morgan fingerprint density at radius 2 is 1.92 bits per heavy atom. The van der Waals surface area contributed by atoms with E-state index < -0.39 is 0 Å². The van der Waals surface area contributed by atoms with Crippen LogP contribution in [-0.4, -0.2) is 46.5 Å². The first-order valence-electron chi connectivity index (χ1n) is 8.54. The van der Waals surface area contributed by atoms with E-state index in [1.54, 1.807) is 11.0 Å². The highest BCUT2D eigenvalue weighted by Gasteiger charge is 2.37. The lowest BCUT2D eigenvalue weighted by atomic mass is 9.99. The van der Waals surface area contributed by atoms with Crippen molar-refractivity contribution in [1.82, 2.24) is 9.80 Å². The summed E-state index contributed by atoms with van der Waals surface area (Å²) in [6, 6.07) is 7.68. The van der Waals surface area contributed by atoms with Gasteiger partial charge in [0.2, 0.25) is 5.91 Å². The summed E-state index contributed by atoms with van der Waals surface area (Å²) >= 11 is 0.902. The van der Waals surface area contributed by atoms with E-state index in [4.69, 9.17) is 0 Å². The largest absolute Gasteiger partial charge is 0.341 e. The zero-order valence-corrected chi connectivity index (χ0v) is 15.3. The first-order valence-corrected chi connectivity index (χ1v) is 9.36. The van der Waals surface area contributed by atoms with Crippen LogP contribution in [0, 0.1) is 12.8 Å². The third-order valence-electron chi connectivity index (χ3n) is 4.78. The Balaban J connectivity index is 1.69. The molecule has 2 heterocycles. The number of rotatable bonds is 3. The Hall–Kier alpha value is -2.08. The van der Waals surface area contributed by atoms with Gasteiger partial charge in [-0.05, 0) is 54.6 Å². The molecule has 0 atom stereocenters. The molecule has 6 heteroatoms. The van der Waals surface area contributed by atoms with E-state index in [0.29, 0.717) is 23.9 Å². The quantitative estimate of drug-likeness (QED) is 0.778. The summed E-state index contributed by atoms with van der Waals surface area (Å²) in [6.45, 7) is 5.38. The molecule has 2 fully saturated rings. The maximum absolute atomic E-state index is 12.5. The number of aryl methyl sites for hydroxylation is 1. The molecule has 0 radical (unpaired) electrons. The van der Waals surface area contributed by atoms with Crippen LogP contribution in [0.2, 0.25) is 0 Å². The Bertz CT molecular complexity index is 736. The number of thioether (sulfide) groups is 1. The number of hydrogen-bond donors (Lipinski definition) is 0. The highest BCUT2D eigenvalue weighted by molar-refractivity contribution is 8.18. The second-order valence-electron chi connectivity index (χ2n) is 6.69. The highest BCUT2D eigenvalue weighted by Crippen LogP contribution is 2.32. The zero-order valence-electron chi connectivity index (χ0n) is 14.5. The minimum atomic E-state index is -0.378. The van der Waals surface area contributed by atoms with Crippen molar-refractivity contribution in [3.05, 3.63) is 40.3 Å². The molecule has 3 rings (SSSR count). The average molecular weight is 358 g/mol. The molecule has 1 aromatic rings. The number of carbonyl (C=O) groups excluding carboxylic acids is 3. The van der Waals surface area contributed by atoms with Crippen molar-refractivity contribution in [1.29, 1.82) is 0 Å². The van der Waals surface area contributed by atoms with Crippen molar-refractivity contribution in [2.45, 2.75) is 26.7 Å². The van der Waals surface area contributed by atoms with Crippen molar-refractivity contribution in [2.75, 3.05) is 19.6 Å². The summed E-state index contributed by atoms with van der Waals surface area (Å²) in [7, 11) is 0. The molecule has 0 N–H and O–H groups in total. The second kappa shape index (κ2) is 7.44. The standard InChI is InChI=1S/C19H22N2O3S/c1-13-7-9-20(10-8-13)17(22)12-21-18(23)16(25-19(21)24)11-15-6-4-3-5-14(15)2/h3-6,11,13H,7-10,12H2,1-2H3/b16-11+. The molecule has 2 aliphatic rings. The molecular formula is C19H22N2O3S. The van der Waals surface area contributed by atoms with Gasteiger partial charge in [0.1, 0.15) is 6.54 Å². The molecule has 3 amide bonds. The zero-order chi connectivity index (χ0) is 18.0. The molecule has 0 saturated carbocycles. The lowest BCUT2D eigenvalue weighted by Crippen LogP contribution is -2.45. The lowest BCUT2D eigenvalue weighted by molar-refractivity contribution is -0.136. The van der Waals surface area contributed by atoms with E-state index in [0.717, 1.165) is 40.6 Å². The smallest absolute Gasteiger partial charge is 0.294 e. The maximum Gasteiger partial charge on any atom is 0.294 e. The van der Waals surface area contributed by atoms with Gasteiger partial charge in [-0.25, -0.2) is 0 Å². The van der Waals surface area contributed by atoms with Gasteiger partial charge < -0.3 is 4.90 Å². The summed E-state index contributed by atoms with van der Waals surface area (Å²) in [6.07, 6.45) is 3.68. The van der Waals surface area contributed by atoms with Gasteiger partial charge in [0.15, 0.2) is 0 Å². The van der Waals surface area contributed by atoms with Crippen LogP contribution in [0.5, 0.6) is 0 Å². The molecule has 0 unspecified atom stereocenters. The van der Waals surface area contributed by atoms with Crippen molar-refractivity contribution < 1.29 is 14.4 Å². The minimum absolute atomic E-state index is 0.147. The number of amides is 3. The summed E-state index contributed by atoms with van der Waals surface area (Å²) in [5.41, 5.74) is 1.94. The molecule has 2 aliphatic heterocycles. The minimum Gasteiger partial charge on any atom is -0.341 e. The van der Waals surface area contributed by atoms with E-state index in [2.05, 4.69) is 6.92 Å². The Kier molecular flexibility index (Phi) is 5.27. The average Bonchev–Trinajstić information content (AvgIpc) is 2.85. The van der Waals surface area contributed by atoms with E-state index >= 15 is 0 Å². The van der Waals surface area contributed by atoms with Gasteiger partial charge in [0, 0.05) is 13.1 Å². The van der Waals surface area contributed by atoms with Crippen LogP contribution in [0.4, 0.5) is 4.79 Å². The van der Waals surface area contributed by atoms with Crippen LogP contribution in [0.15, 0.2) is 29.2 Å². The molecular weight excluding hydrogens is 336 g/mol. The molecule has 0 aromatic heterocycles. The van der Waals surface area contributed by atoms with Crippen LogP contribution < -0.4 is 0 Å². The monoisotopic (exact) mass is 358 g/mol. The number of carbonyl (C=O) groups is 3. The van der Waals surface area contributed by atoms with Gasteiger partial charge in [-0.1, -0.05) is 31.2 Å². The van der Waals surface area contributed by atoms with Gasteiger partial charge in [0.05, 0.1) is 4.91 Å². The van der Waals surface area contributed by atoms with Gasteiger partial charge in [-0.15, -0.1) is 0 Å². The first-order chi connectivity index (χ1) is 12.0. The SMILES string of the molecule is Cc1ccccc1/C=C1/SC(=O)N(CC(=O)N2CCC(C)CC2)C1=O. The molecule has 0 spiro atoms. The highest BCUT2D eigenvalue weighted by atomic mass is 32.2. The Labute approximate surface area is 152 Å². The molecule has 5 nitrogen and oxygen atoms in total. The van der Waals surface area contributed by atoms with Crippen molar-refractivity contribution >= 4 is 34.9 Å². The van der Waals surface area contributed by atoms with Gasteiger partial charge >= 0.3 is 0 Å². The predicted molar refractivity (Wildman–Crippen MR) is 98.8 cm³/mol. The van der Waals surface area contributed by atoms with Gasteiger partial charge in [-0.3, -0.25) is 19.3 Å². The van der Waals surface area contributed by atoms with Crippen LogP contribution in [0.3, 0.4) is 0 Å². The predicted octanol–water partition coefficient (Wildman–Crippen LogP) is 3.29. The Morgan fingerprint density at radius 1 is 1.24 bits per heavy atom. The number of imide groups is 1. The van der Waals surface area contributed by atoms with E-state index in [1.807, 2.05) is 31.2 Å². The maximum atomic E-state index is 12.5. The summed E-state index contributed by atoms with van der Waals surface area (Å²) in [4.78, 5) is 40.4. The fourth-order valence-electron chi connectivity index (χ4n) is 3.02. The van der Waals surface area contributed by atoms with Crippen LogP contribution in [0.1, 0.15) is 30.9 Å². The third kappa shape index (κ3) is 3.95. The molecule has 2 saturated heterocycles. The van der Waals surface area contributed by atoms with E-state index in [9.17, 15) is 14.4 Å². The summed E-state index contributed by atoms with van der Waals surface area (Å²) in [5, 5.41) is -0.372. The van der Waals surface area contributed by atoms with Crippen LogP contribution in [-0.2, 0) is 9.59 Å². The van der Waals surface area contributed by atoms with Gasteiger partial charge in [0.25, 0.3) is 11.1 Å². The summed E-state index contributed by atoms with van der Waals surface area (Å²) < 4.78 is 0.